The van der Waals surface area contributed by atoms with Gasteiger partial charge in [-0.3, -0.25) is 0 Å². The molecule has 0 rings (SSSR count). The molecule has 0 aliphatic rings. The minimum absolute atomic E-state index is 0.587. The van der Waals surface area contributed by atoms with Crippen LogP contribution in [0, 0.1) is 5.92 Å². The molecule has 1 unspecified atom stereocenters. The van der Waals surface area contributed by atoms with Crippen LogP contribution in [-0.2, 0) is 0 Å². The van der Waals surface area contributed by atoms with Crippen molar-refractivity contribution >= 4 is 0 Å². The Morgan fingerprint density at radius 3 is 1.92 bits per heavy atom. The second-order valence-corrected chi connectivity index (χ2v) is 4.91. The molecule has 0 saturated heterocycles. The zero-order chi connectivity index (χ0) is 10.4. The summed E-state index contributed by atoms with van der Waals surface area (Å²) in [6.07, 6.45) is 1.26. The molecule has 0 aliphatic heterocycles. The lowest BCUT2D eigenvalue weighted by molar-refractivity contribution is 0.294. The average molecular weight is 186 g/mol. The Bertz CT molecular complexity index is 95.5. The van der Waals surface area contributed by atoms with Crippen molar-refractivity contribution in [2.24, 2.45) is 5.92 Å². The van der Waals surface area contributed by atoms with Crippen molar-refractivity contribution in [3.63, 3.8) is 0 Å². The van der Waals surface area contributed by atoms with Gasteiger partial charge in [0, 0.05) is 18.6 Å². The molecule has 2 nitrogen and oxygen atoms in total. The smallest absolute Gasteiger partial charge is 0.0199 e. The van der Waals surface area contributed by atoms with Crippen LogP contribution in [0.15, 0.2) is 0 Å². The predicted octanol–water partition coefficient (Wildman–Crippen LogP) is 1.96. The molecule has 0 spiro atoms. The van der Waals surface area contributed by atoms with Gasteiger partial charge in [0.05, 0.1) is 0 Å². The third-order valence-corrected chi connectivity index (χ3v) is 1.91. The number of hydrogen-bond donors (Lipinski definition) is 1. The number of hydrogen-bond acceptors (Lipinski definition) is 2. The maximum atomic E-state index is 3.60. The predicted molar refractivity (Wildman–Crippen MR) is 60.1 cm³/mol. The van der Waals surface area contributed by atoms with Crippen LogP contribution in [0.4, 0.5) is 0 Å². The standard InChI is InChI=1S/C11H26N2/c1-9(2)7-11(8-13(5)6)12-10(3)4/h9-12H,7-8H2,1-6H3. The van der Waals surface area contributed by atoms with Gasteiger partial charge < -0.3 is 10.2 Å². The molecule has 0 aromatic rings. The van der Waals surface area contributed by atoms with Crippen LogP contribution >= 0.6 is 0 Å². The van der Waals surface area contributed by atoms with E-state index in [1.165, 1.54) is 6.42 Å². The maximum absolute atomic E-state index is 3.60. The van der Waals surface area contributed by atoms with Crippen molar-refractivity contribution in [1.29, 1.82) is 0 Å². The summed E-state index contributed by atoms with van der Waals surface area (Å²) < 4.78 is 0. The molecule has 0 aliphatic carbocycles. The van der Waals surface area contributed by atoms with Crippen LogP contribution in [0.2, 0.25) is 0 Å². The van der Waals surface area contributed by atoms with Crippen molar-refractivity contribution in [3.05, 3.63) is 0 Å². The molecule has 1 atom stereocenters. The molecule has 0 aromatic carbocycles. The Labute approximate surface area is 83.7 Å². The Kier molecular flexibility index (Phi) is 6.35. The zero-order valence-corrected chi connectivity index (χ0v) is 10.1. The first-order chi connectivity index (χ1) is 5.91. The third-order valence-electron chi connectivity index (χ3n) is 1.91. The van der Waals surface area contributed by atoms with Gasteiger partial charge in [-0.15, -0.1) is 0 Å². The van der Waals surface area contributed by atoms with Gasteiger partial charge in [-0.2, -0.15) is 0 Å². The second-order valence-electron chi connectivity index (χ2n) is 4.91. The first-order valence-corrected chi connectivity index (χ1v) is 5.32. The van der Waals surface area contributed by atoms with Crippen molar-refractivity contribution in [3.8, 4) is 0 Å². The topological polar surface area (TPSA) is 15.3 Å². The van der Waals surface area contributed by atoms with E-state index in [1.54, 1.807) is 0 Å². The average Bonchev–Trinajstić information content (AvgIpc) is 1.80. The van der Waals surface area contributed by atoms with Crippen LogP contribution in [0.25, 0.3) is 0 Å². The second kappa shape index (κ2) is 6.39. The van der Waals surface area contributed by atoms with Crippen molar-refractivity contribution in [1.82, 2.24) is 10.2 Å². The van der Waals surface area contributed by atoms with E-state index in [9.17, 15) is 0 Å². The summed E-state index contributed by atoms with van der Waals surface area (Å²) in [6, 6.07) is 1.22. The van der Waals surface area contributed by atoms with Gasteiger partial charge in [0.2, 0.25) is 0 Å². The fourth-order valence-electron chi connectivity index (χ4n) is 1.68. The number of nitrogens with zero attached hydrogens (tertiary/aromatic N) is 1. The SMILES string of the molecule is CC(C)CC(CN(C)C)NC(C)C. The van der Waals surface area contributed by atoms with Gasteiger partial charge in [-0.05, 0) is 26.4 Å². The van der Waals surface area contributed by atoms with Gasteiger partial charge >= 0.3 is 0 Å². The molecule has 0 heterocycles. The van der Waals surface area contributed by atoms with Gasteiger partial charge in [0.15, 0.2) is 0 Å². The molecule has 0 bridgehead atoms. The molecule has 0 amide bonds. The normalized spacial score (nSPS) is 14.5. The van der Waals surface area contributed by atoms with Gasteiger partial charge in [0.25, 0.3) is 0 Å². The fourth-order valence-corrected chi connectivity index (χ4v) is 1.68. The number of rotatable bonds is 6. The highest BCUT2D eigenvalue weighted by molar-refractivity contribution is 4.72. The van der Waals surface area contributed by atoms with E-state index in [-0.39, 0.29) is 0 Å². The number of nitrogens with one attached hydrogen (secondary N) is 1. The first-order valence-electron chi connectivity index (χ1n) is 5.32. The fraction of sp³-hybridized carbons (Fsp3) is 1.00. The van der Waals surface area contributed by atoms with Crippen LogP contribution < -0.4 is 5.32 Å². The molecule has 0 saturated carbocycles. The Hall–Kier alpha value is -0.0800. The summed E-state index contributed by atoms with van der Waals surface area (Å²) in [5.74, 6) is 0.774. The summed E-state index contributed by atoms with van der Waals surface area (Å²) in [7, 11) is 4.27. The minimum atomic E-state index is 0.587. The molecule has 0 radical (unpaired) electrons. The lowest BCUT2D eigenvalue weighted by atomic mass is 10.0. The summed E-state index contributed by atoms with van der Waals surface area (Å²) in [6.45, 7) is 10.1. The third kappa shape index (κ3) is 8.26. The maximum Gasteiger partial charge on any atom is 0.0199 e. The van der Waals surface area contributed by atoms with E-state index in [4.69, 9.17) is 0 Å². The lowest BCUT2D eigenvalue weighted by Gasteiger charge is -2.25. The quantitative estimate of drug-likeness (QED) is 0.682. The van der Waals surface area contributed by atoms with E-state index < -0.39 is 0 Å². The van der Waals surface area contributed by atoms with Crippen LogP contribution in [0.1, 0.15) is 34.1 Å². The van der Waals surface area contributed by atoms with Gasteiger partial charge in [-0.1, -0.05) is 27.7 Å². The van der Waals surface area contributed by atoms with Crippen LogP contribution in [-0.4, -0.2) is 37.6 Å². The lowest BCUT2D eigenvalue weighted by Crippen LogP contribution is -2.42. The Morgan fingerprint density at radius 2 is 1.62 bits per heavy atom. The zero-order valence-electron chi connectivity index (χ0n) is 10.1. The summed E-state index contributed by atoms with van der Waals surface area (Å²) >= 11 is 0. The van der Waals surface area contributed by atoms with Crippen LogP contribution in [0.3, 0.4) is 0 Å². The van der Waals surface area contributed by atoms with E-state index in [0.717, 1.165) is 12.5 Å². The summed E-state index contributed by atoms with van der Waals surface area (Å²) in [4.78, 5) is 2.25. The molecular formula is C11H26N2. The highest BCUT2D eigenvalue weighted by Gasteiger charge is 2.12. The molecule has 0 fully saturated rings. The summed E-state index contributed by atoms with van der Waals surface area (Å²) in [5.41, 5.74) is 0. The van der Waals surface area contributed by atoms with Gasteiger partial charge in [0.1, 0.15) is 0 Å². The van der Waals surface area contributed by atoms with E-state index in [0.29, 0.717) is 12.1 Å². The largest absolute Gasteiger partial charge is 0.310 e. The molecular weight excluding hydrogens is 160 g/mol. The van der Waals surface area contributed by atoms with Crippen molar-refractivity contribution < 1.29 is 0 Å². The van der Waals surface area contributed by atoms with Crippen LogP contribution in [0.5, 0.6) is 0 Å². The minimum Gasteiger partial charge on any atom is -0.310 e. The molecule has 13 heavy (non-hydrogen) atoms. The van der Waals surface area contributed by atoms with E-state index in [2.05, 4.69) is 52.0 Å². The highest BCUT2D eigenvalue weighted by Crippen LogP contribution is 2.06. The van der Waals surface area contributed by atoms with E-state index >= 15 is 0 Å². The Morgan fingerprint density at radius 1 is 1.08 bits per heavy atom. The van der Waals surface area contributed by atoms with Crippen molar-refractivity contribution in [2.45, 2.75) is 46.2 Å². The highest BCUT2D eigenvalue weighted by atomic mass is 15.1. The number of likely N-dealkylation sites (N-methyl/N-ethyl adjacent to an activating group) is 1. The molecule has 2 heteroatoms. The van der Waals surface area contributed by atoms with Gasteiger partial charge in [-0.25, -0.2) is 0 Å². The Balaban J connectivity index is 3.87. The first kappa shape index (κ1) is 12.9. The van der Waals surface area contributed by atoms with Crippen molar-refractivity contribution in [2.75, 3.05) is 20.6 Å². The van der Waals surface area contributed by atoms with E-state index in [1.807, 2.05) is 0 Å². The summed E-state index contributed by atoms with van der Waals surface area (Å²) in [5, 5.41) is 3.60. The molecule has 80 valence electrons. The monoisotopic (exact) mass is 186 g/mol. The molecule has 0 aromatic heterocycles. The molecule has 1 N–H and O–H groups in total.